The van der Waals surface area contributed by atoms with E-state index in [0.29, 0.717) is 26.4 Å². The first-order valence-corrected chi connectivity index (χ1v) is 16.3. The van der Waals surface area contributed by atoms with Crippen molar-refractivity contribution in [1.29, 1.82) is 0 Å². The third-order valence-corrected chi connectivity index (χ3v) is 6.02. The van der Waals surface area contributed by atoms with Crippen LogP contribution >= 0.6 is 0 Å². The molecule has 0 atom stereocenters. The van der Waals surface area contributed by atoms with E-state index >= 15 is 0 Å². The Morgan fingerprint density at radius 1 is 0.667 bits per heavy atom. The summed E-state index contributed by atoms with van der Waals surface area (Å²) in [6.07, 6.45) is 10.3. The van der Waals surface area contributed by atoms with Gasteiger partial charge >= 0.3 is 5.82 Å². The molecule has 16 nitrogen and oxygen atoms in total. The van der Waals surface area contributed by atoms with Crippen molar-refractivity contribution >= 4 is 18.6 Å². The Balaban J connectivity index is 0.000000357. The number of hydrogen-bond donors (Lipinski definition) is 1. The van der Waals surface area contributed by atoms with Gasteiger partial charge < -0.3 is 38.5 Å². The van der Waals surface area contributed by atoms with Crippen LogP contribution in [0.4, 0.5) is 5.82 Å². The lowest BCUT2D eigenvalue weighted by Gasteiger charge is -2.15. The van der Waals surface area contributed by atoms with Gasteiger partial charge in [0.15, 0.2) is 29.2 Å². The third-order valence-electron chi connectivity index (χ3n) is 6.02. The minimum absolute atomic E-state index is 0.472. The summed E-state index contributed by atoms with van der Waals surface area (Å²) < 4.78 is 27.6. The molecule has 276 valence electrons. The van der Waals surface area contributed by atoms with E-state index in [4.69, 9.17) is 24.8 Å². The van der Waals surface area contributed by atoms with E-state index in [2.05, 4.69) is 35.7 Å². The lowest BCUT2D eigenvalue weighted by molar-refractivity contribution is -0.658. The van der Waals surface area contributed by atoms with Crippen LogP contribution in [-0.2, 0) is 47.1 Å². The van der Waals surface area contributed by atoms with Crippen molar-refractivity contribution < 1.29 is 23.5 Å². The summed E-state index contributed by atoms with van der Waals surface area (Å²) >= 11 is 0. The highest BCUT2D eigenvalue weighted by Gasteiger charge is 2.04. The van der Waals surface area contributed by atoms with Crippen LogP contribution in [0.2, 0.25) is 0 Å². The molecule has 51 heavy (non-hydrogen) atoms. The smallest absolute Gasteiger partial charge is 0.350 e. The van der Waals surface area contributed by atoms with E-state index in [1.807, 2.05) is 172 Å². The number of pyridine rings is 4. The summed E-state index contributed by atoms with van der Waals surface area (Å²) in [7, 11) is 7.61. The summed E-state index contributed by atoms with van der Waals surface area (Å²) in [6, 6.07) is 22.8. The predicted octanol–water partition coefficient (Wildman–Crippen LogP) is 3.56. The van der Waals surface area contributed by atoms with Gasteiger partial charge in [0, 0.05) is 65.6 Å². The average Bonchev–Trinajstić information content (AvgIpc) is 3.14. The number of rotatable bonds is 12. The molecule has 0 radical (unpaired) electrons. The minimum atomic E-state index is -0.472. The highest BCUT2D eigenvalue weighted by atomic mass is 16.8. The molecule has 0 aromatic carbocycles. The molecule has 0 saturated heterocycles. The zero-order valence-corrected chi connectivity index (χ0v) is 30.9. The van der Waals surface area contributed by atoms with Crippen molar-refractivity contribution in [3.05, 3.63) is 114 Å². The van der Waals surface area contributed by atoms with E-state index in [1.54, 1.807) is 0 Å². The molecule has 4 heterocycles. The molecular formula is C35H53N12O4+. The average molecular weight is 706 g/mol. The molecule has 0 spiro atoms. The summed E-state index contributed by atoms with van der Waals surface area (Å²) in [4.78, 5) is 0. The Bertz CT molecular complexity index is 1780. The first-order chi connectivity index (χ1) is 24.8. The van der Waals surface area contributed by atoms with Gasteiger partial charge in [-0.25, -0.2) is 4.57 Å². The fourth-order valence-corrected chi connectivity index (χ4v) is 3.44. The normalized spacial score (nSPS) is 12.1. The highest BCUT2D eigenvalue weighted by molar-refractivity contribution is 5.54. The second-order valence-corrected chi connectivity index (χ2v) is 9.79. The van der Waals surface area contributed by atoms with Gasteiger partial charge in [0.25, 0.3) is 6.48 Å². The molecular weight excluding hydrogens is 652 g/mol. The number of hydrogen-bond acceptors (Lipinski definition) is 11. The van der Waals surface area contributed by atoms with Crippen LogP contribution in [-0.4, -0.2) is 59.3 Å². The Labute approximate surface area is 299 Å². The fraction of sp³-hybridized carbons (Fsp3) is 0.371. The standard InChI is InChI=1S/C13H15N6.C9H13N3O.C7H16O3.C6H9N3/c1-18-9-5-3-7-12(18)16-14-11-15-17-13-8-4-6-10-19(13)2;1-3-13-8-10-11-9-6-4-5-7-12(9)2;1-4-8-7(9-5-2)10-6-3;1-9-5-3-2-4-6(9)8-7/h3-11H,1-2H3;4-8H,3H2,1-2H3;7H,4-6H2,1-3H3;2-5H,7H2,1H3/q+1;;;/b;10-8+,11-9+;;8-6+. The van der Waals surface area contributed by atoms with Gasteiger partial charge in [-0.15, -0.1) is 20.4 Å². The largest absolute Gasteiger partial charge is 0.482 e. The molecule has 4 aromatic rings. The Kier molecular flexibility index (Phi) is 24.1. The molecule has 4 aromatic heterocycles. The predicted molar refractivity (Wildman–Crippen MR) is 197 cm³/mol. The molecule has 0 unspecified atom stereocenters. The van der Waals surface area contributed by atoms with Crippen LogP contribution in [0, 0.1) is 0 Å². The van der Waals surface area contributed by atoms with Gasteiger partial charge in [-0.2, -0.15) is 5.10 Å². The molecule has 4 rings (SSSR count). The number of nitrogens with zero attached hydrogens (tertiary/aromatic N) is 11. The maximum atomic E-state index is 5.08. The van der Waals surface area contributed by atoms with Crippen molar-refractivity contribution in [2.24, 2.45) is 69.8 Å². The zero-order valence-electron chi connectivity index (χ0n) is 30.9. The first-order valence-electron chi connectivity index (χ1n) is 16.3. The van der Waals surface area contributed by atoms with Crippen molar-refractivity contribution in [3.8, 4) is 0 Å². The van der Waals surface area contributed by atoms with Crippen LogP contribution in [0.5, 0.6) is 0 Å². The van der Waals surface area contributed by atoms with Crippen molar-refractivity contribution in [2.75, 3.05) is 26.4 Å². The van der Waals surface area contributed by atoms with Crippen LogP contribution in [0.3, 0.4) is 0 Å². The fourth-order valence-electron chi connectivity index (χ4n) is 3.44. The molecule has 2 N–H and O–H groups in total. The number of aromatic nitrogens is 4. The molecule has 0 bridgehead atoms. The lowest BCUT2D eigenvalue weighted by Crippen LogP contribution is -2.26. The summed E-state index contributed by atoms with van der Waals surface area (Å²) in [5, 5.41) is 27.0. The molecule has 0 aliphatic carbocycles. The van der Waals surface area contributed by atoms with Gasteiger partial charge in [0.2, 0.25) is 0 Å². The maximum absolute atomic E-state index is 5.08. The summed E-state index contributed by atoms with van der Waals surface area (Å²) in [5.41, 5.74) is 2.31. The lowest BCUT2D eigenvalue weighted by atomic mass is 10.4. The number of nitrogens with two attached hydrogens (primary N) is 1. The highest BCUT2D eigenvalue weighted by Crippen LogP contribution is 2.01. The second kappa shape index (κ2) is 28.3. The monoisotopic (exact) mass is 705 g/mol. The van der Waals surface area contributed by atoms with Crippen LogP contribution in [0.15, 0.2) is 133 Å². The second-order valence-electron chi connectivity index (χ2n) is 9.79. The molecule has 0 aliphatic rings. The van der Waals surface area contributed by atoms with E-state index in [-0.39, 0.29) is 0 Å². The van der Waals surface area contributed by atoms with Crippen LogP contribution in [0.25, 0.3) is 0 Å². The van der Waals surface area contributed by atoms with Crippen molar-refractivity contribution in [1.82, 2.24) is 13.7 Å². The van der Waals surface area contributed by atoms with Gasteiger partial charge in [0.1, 0.15) is 0 Å². The van der Waals surface area contributed by atoms with Gasteiger partial charge in [-0.3, -0.25) is 0 Å². The van der Waals surface area contributed by atoms with Crippen LogP contribution in [0.1, 0.15) is 27.7 Å². The topological polar surface area (TPSA) is 168 Å². The van der Waals surface area contributed by atoms with E-state index in [0.717, 1.165) is 22.3 Å². The molecule has 16 heteroatoms. The Morgan fingerprint density at radius 3 is 1.59 bits per heavy atom. The number of ether oxygens (including phenoxy) is 4. The molecule has 0 aliphatic heterocycles. The van der Waals surface area contributed by atoms with Crippen molar-refractivity contribution in [2.45, 2.75) is 34.2 Å². The van der Waals surface area contributed by atoms with Crippen molar-refractivity contribution in [3.63, 3.8) is 0 Å². The molecule has 0 saturated carbocycles. The summed E-state index contributed by atoms with van der Waals surface area (Å²) in [5.74, 6) is 5.80. The number of aryl methyl sites for hydroxylation is 4. The zero-order chi connectivity index (χ0) is 37.5. The van der Waals surface area contributed by atoms with Crippen LogP contribution < -0.4 is 26.9 Å². The minimum Gasteiger partial charge on any atom is -0.482 e. The van der Waals surface area contributed by atoms with E-state index in [9.17, 15) is 0 Å². The van der Waals surface area contributed by atoms with E-state index in [1.165, 1.54) is 12.7 Å². The van der Waals surface area contributed by atoms with Gasteiger partial charge in [-0.05, 0) is 75.3 Å². The SMILES string of the molecule is CCO/C=N/N=c1\ccccn1C.CCOC(OCC)OCC.Cn1cccc/c1=N\N.Cn1cccc/c1=N\N=C\N=Nc1cccc[n+]1C. The summed E-state index contributed by atoms with van der Waals surface area (Å²) in [6.45, 7) is 9.61. The Hall–Kier alpha value is -5.58. The van der Waals surface area contributed by atoms with Gasteiger partial charge in [-0.1, -0.05) is 24.3 Å². The Morgan fingerprint density at radius 2 is 1.16 bits per heavy atom. The molecule has 0 fully saturated rings. The maximum Gasteiger partial charge on any atom is 0.350 e. The third kappa shape index (κ3) is 19.9. The quantitative estimate of drug-likeness (QED) is 0.0452. The number of azo groups is 1. The molecule has 0 amide bonds. The van der Waals surface area contributed by atoms with E-state index < -0.39 is 6.48 Å². The first kappa shape index (κ1) is 43.4. The van der Waals surface area contributed by atoms with Gasteiger partial charge in [0.05, 0.1) is 25.0 Å².